The highest BCUT2D eigenvalue weighted by Gasteiger charge is 2.56. The first-order valence-corrected chi connectivity index (χ1v) is 7.22. The number of carbonyl (C=O) groups excluding carboxylic acids is 2. The maximum absolute atomic E-state index is 12.0. The Labute approximate surface area is 113 Å². The van der Waals surface area contributed by atoms with Crippen LogP contribution in [0.2, 0.25) is 0 Å². The lowest BCUT2D eigenvalue weighted by Gasteiger charge is -2.61. The minimum absolute atomic E-state index is 0.107. The van der Waals surface area contributed by atoms with Gasteiger partial charge in [0.25, 0.3) is 0 Å². The molecule has 0 aliphatic heterocycles. The Morgan fingerprint density at radius 2 is 1.79 bits per heavy atom. The van der Waals surface area contributed by atoms with Gasteiger partial charge in [-0.3, -0.25) is 10.2 Å². The summed E-state index contributed by atoms with van der Waals surface area (Å²) in [5.74, 6) is 1.51. The van der Waals surface area contributed by atoms with Gasteiger partial charge in [0.1, 0.15) is 0 Å². The highest BCUT2D eigenvalue weighted by molar-refractivity contribution is 5.80. The molecule has 0 aromatic carbocycles. The molecule has 2 unspecified atom stereocenters. The van der Waals surface area contributed by atoms with Gasteiger partial charge in [0.2, 0.25) is 5.91 Å². The summed E-state index contributed by atoms with van der Waals surface area (Å²) >= 11 is 0. The van der Waals surface area contributed by atoms with E-state index in [1.807, 2.05) is 0 Å². The van der Waals surface area contributed by atoms with Crippen molar-refractivity contribution < 1.29 is 9.59 Å². The third kappa shape index (κ3) is 2.42. The van der Waals surface area contributed by atoms with E-state index in [0.717, 1.165) is 18.3 Å². The molecule has 19 heavy (non-hydrogen) atoms. The Morgan fingerprint density at radius 1 is 1.16 bits per heavy atom. The lowest BCUT2D eigenvalue weighted by molar-refractivity contribution is -0.137. The van der Waals surface area contributed by atoms with Crippen molar-refractivity contribution in [2.75, 3.05) is 0 Å². The van der Waals surface area contributed by atoms with Gasteiger partial charge in [-0.1, -0.05) is 6.92 Å². The second kappa shape index (κ2) is 4.12. The Kier molecular flexibility index (Phi) is 2.76. The molecule has 0 aromatic heterocycles. The standard InChI is InChI=1S/C14H23N3O2/c1-13-3-9-2-10(4-13)6-14(5-9,8-13)7-11(18)16-17-12(15)19/h9-10H,2-8H2,1H3,(H,16,18)(H3,15,17,19). The molecule has 106 valence electrons. The fourth-order valence-corrected chi connectivity index (χ4v) is 5.65. The minimum atomic E-state index is -0.717. The molecule has 0 spiro atoms. The minimum Gasteiger partial charge on any atom is -0.350 e. The van der Waals surface area contributed by atoms with Crippen LogP contribution in [0.15, 0.2) is 0 Å². The fraction of sp³-hybridized carbons (Fsp3) is 0.857. The molecule has 5 nitrogen and oxygen atoms in total. The molecule has 4 rings (SSSR count). The van der Waals surface area contributed by atoms with Crippen molar-refractivity contribution >= 4 is 11.9 Å². The summed E-state index contributed by atoms with van der Waals surface area (Å²) in [6.45, 7) is 2.39. The van der Waals surface area contributed by atoms with Crippen molar-refractivity contribution in [1.29, 1.82) is 0 Å². The van der Waals surface area contributed by atoms with Crippen LogP contribution in [0.25, 0.3) is 0 Å². The first-order chi connectivity index (χ1) is 8.88. The summed E-state index contributed by atoms with van der Waals surface area (Å²) < 4.78 is 0. The third-order valence-electron chi connectivity index (χ3n) is 5.34. The number of hydrazine groups is 1. The molecule has 3 amide bonds. The predicted molar refractivity (Wildman–Crippen MR) is 70.7 cm³/mol. The molecule has 4 aliphatic carbocycles. The van der Waals surface area contributed by atoms with Crippen molar-refractivity contribution in [1.82, 2.24) is 10.9 Å². The van der Waals surface area contributed by atoms with Crippen molar-refractivity contribution in [3.05, 3.63) is 0 Å². The fourth-order valence-electron chi connectivity index (χ4n) is 5.65. The summed E-state index contributed by atoms with van der Waals surface area (Å²) in [7, 11) is 0. The topological polar surface area (TPSA) is 84.2 Å². The number of nitrogens with two attached hydrogens (primary N) is 1. The highest BCUT2D eigenvalue weighted by atomic mass is 16.2. The zero-order valence-electron chi connectivity index (χ0n) is 11.5. The van der Waals surface area contributed by atoms with E-state index in [0.29, 0.717) is 11.8 Å². The van der Waals surface area contributed by atoms with E-state index in [1.54, 1.807) is 0 Å². The van der Waals surface area contributed by atoms with E-state index in [1.165, 1.54) is 32.1 Å². The average molecular weight is 265 g/mol. The maximum atomic E-state index is 12.0. The molecule has 5 heteroatoms. The Balaban J connectivity index is 1.67. The van der Waals surface area contributed by atoms with E-state index in [2.05, 4.69) is 17.8 Å². The first kappa shape index (κ1) is 12.8. The van der Waals surface area contributed by atoms with Crippen LogP contribution in [0.5, 0.6) is 0 Å². The van der Waals surface area contributed by atoms with Gasteiger partial charge in [-0.05, 0) is 61.2 Å². The molecule has 0 heterocycles. The molecule has 4 aliphatic rings. The van der Waals surface area contributed by atoms with E-state index in [9.17, 15) is 9.59 Å². The van der Waals surface area contributed by atoms with Gasteiger partial charge in [0, 0.05) is 6.42 Å². The van der Waals surface area contributed by atoms with Crippen molar-refractivity contribution in [3.63, 3.8) is 0 Å². The van der Waals surface area contributed by atoms with Crippen molar-refractivity contribution in [2.24, 2.45) is 28.4 Å². The summed E-state index contributed by atoms with van der Waals surface area (Å²) in [5.41, 5.74) is 10.2. The lowest BCUT2D eigenvalue weighted by Crippen LogP contribution is -2.53. The van der Waals surface area contributed by atoms with Gasteiger partial charge >= 0.3 is 6.03 Å². The zero-order chi connectivity index (χ0) is 13.7. The smallest absolute Gasteiger partial charge is 0.330 e. The lowest BCUT2D eigenvalue weighted by atomic mass is 9.44. The number of hydrogen-bond donors (Lipinski definition) is 3. The Bertz CT molecular complexity index is 407. The Hall–Kier alpha value is -1.26. The molecule has 4 saturated carbocycles. The van der Waals surface area contributed by atoms with Crippen LogP contribution in [0.3, 0.4) is 0 Å². The van der Waals surface area contributed by atoms with Gasteiger partial charge in [0.15, 0.2) is 0 Å². The largest absolute Gasteiger partial charge is 0.350 e. The van der Waals surface area contributed by atoms with Gasteiger partial charge in [-0.15, -0.1) is 0 Å². The average Bonchev–Trinajstić information content (AvgIpc) is 2.21. The van der Waals surface area contributed by atoms with Crippen LogP contribution >= 0.6 is 0 Å². The summed E-state index contributed by atoms with van der Waals surface area (Å²) in [4.78, 5) is 22.6. The van der Waals surface area contributed by atoms with Crippen molar-refractivity contribution in [3.8, 4) is 0 Å². The molecule has 4 bridgehead atoms. The molecular weight excluding hydrogens is 242 g/mol. The normalized spacial score (nSPS) is 43.0. The molecule has 0 saturated heterocycles. The summed E-state index contributed by atoms with van der Waals surface area (Å²) in [6, 6.07) is -0.717. The molecule has 0 aromatic rings. The zero-order valence-corrected chi connectivity index (χ0v) is 11.5. The molecular formula is C14H23N3O2. The van der Waals surface area contributed by atoms with E-state index in [-0.39, 0.29) is 11.3 Å². The number of nitrogens with one attached hydrogen (secondary N) is 2. The van der Waals surface area contributed by atoms with Crippen LogP contribution in [0.1, 0.15) is 51.9 Å². The molecule has 4 N–H and O–H groups in total. The first-order valence-electron chi connectivity index (χ1n) is 7.22. The molecule has 0 radical (unpaired) electrons. The van der Waals surface area contributed by atoms with Crippen LogP contribution in [0.4, 0.5) is 4.79 Å². The van der Waals surface area contributed by atoms with Crippen LogP contribution in [-0.4, -0.2) is 11.9 Å². The van der Waals surface area contributed by atoms with E-state index in [4.69, 9.17) is 5.73 Å². The van der Waals surface area contributed by atoms with Crippen LogP contribution in [-0.2, 0) is 4.79 Å². The van der Waals surface area contributed by atoms with Gasteiger partial charge in [0.05, 0.1) is 0 Å². The van der Waals surface area contributed by atoms with Gasteiger partial charge < -0.3 is 5.73 Å². The van der Waals surface area contributed by atoms with E-state index < -0.39 is 6.03 Å². The van der Waals surface area contributed by atoms with Crippen LogP contribution < -0.4 is 16.6 Å². The monoisotopic (exact) mass is 265 g/mol. The SMILES string of the molecule is CC12CC3CC(C1)CC(CC(=O)NNC(N)=O)(C3)C2. The number of rotatable bonds is 2. The molecule has 4 fully saturated rings. The van der Waals surface area contributed by atoms with Crippen LogP contribution in [0, 0.1) is 22.7 Å². The highest BCUT2D eigenvalue weighted by Crippen LogP contribution is 2.66. The third-order valence-corrected chi connectivity index (χ3v) is 5.34. The number of hydrogen-bond acceptors (Lipinski definition) is 2. The number of primary amides is 1. The number of carbonyl (C=O) groups is 2. The number of amides is 3. The van der Waals surface area contributed by atoms with Crippen molar-refractivity contribution in [2.45, 2.75) is 51.9 Å². The molecule has 2 atom stereocenters. The predicted octanol–water partition coefficient (Wildman–Crippen LogP) is 1.68. The van der Waals surface area contributed by atoms with Gasteiger partial charge in [-0.25, -0.2) is 10.2 Å². The summed E-state index contributed by atoms with van der Waals surface area (Å²) in [5, 5.41) is 0. The maximum Gasteiger partial charge on any atom is 0.330 e. The quantitative estimate of drug-likeness (QED) is 0.664. The van der Waals surface area contributed by atoms with E-state index >= 15 is 0 Å². The number of urea groups is 1. The Morgan fingerprint density at radius 3 is 2.32 bits per heavy atom. The van der Waals surface area contributed by atoms with Gasteiger partial charge in [-0.2, -0.15) is 0 Å². The second-order valence-corrected chi connectivity index (χ2v) is 7.49. The second-order valence-electron chi connectivity index (χ2n) is 7.49. The summed E-state index contributed by atoms with van der Waals surface area (Å²) in [6.07, 6.45) is 8.09.